The smallest absolute Gasteiger partial charge is 0.338 e. The summed E-state index contributed by atoms with van der Waals surface area (Å²) in [6, 6.07) is 11.4. The van der Waals surface area contributed by atoms with Crippen LogP contribution < -0.4 is 10.2 Å². The molecule has 2 aromatic carbocycles. The average molecular weight is 511 g/mol. The van der Waals surface area contributed by atoms with Crippen molar-refractivity contribution in [1.82, 2.24) is 0 Å². The number of amides is 3. The number of benzene rings is 2. The van der Waals surface area contributed by atoms with Crippen LogP contribution in [0.5, 0.6) is 0 Å². The van der Waals surface area contributed by atoms with Crippen LogP contribution in [0.1, 0.15) is 29.3 Å². The monoisotopic (exact) mass is 510 g/mol. The summed E-state index contributed by atoms with van der Waals surface area (Å²) in [5.74, 6) is -2.23. The molecule has 33 heavy (non-hydrogen) atoms. The largest absolute Gasteiger partial charge is 0.452 e. The predicted molar refractivity (Wildman–Crippen MR) is 127 cm³/mol. The summed E-state index contributed by atoms with van der Waals surface area (Å²) in [5, 5.41) is 2.68. The molecule has 1 N–H and O–H groups in total. The molecule has 3 atom stereocenters. The molecular formula is C25H23BrN2O5. The van der Waals surface area contributed by atoms with Gasteiger partial charge in [0.15, 0.2) is 6.61 Å². The molecule has 4 rings (SSSR count). The summed E-state index contributed by atoms with van der Waals surface area (Å²) in [7, 11) is 0. The van der Waals surface area contributed by atoms with Crippen LogP contribution in [0.3, 0.4) is 0 Å². The SMILES string of the molecule is Cc1cc(NC(=O)COC(=O)c2ccc(N3C(=O)[C@H]4[C@H](C)C=CC[C@H]4C3=O)cc2)ccc1Br. The van der Waals surface area contributed by atoms with Gasteiger partial charge in [-0.25, -0.2) is 4.79 Å². The highest BCUT2D eigenvalue weighted by atomic mass is 79.9. The number of imide groups is 1. The Bertz CT molecular complexity index is 1160. The normalized spacial score (nSPS) is 21.7. The molecule has 2 aromatic rings. The predicted octanol–water partition coefficient (Wildman–Crippen LogP) is 4.25. The van der Waals surface area contributed by atoms with Crippen molar-refractivity contribution < 1.29 is 23.9 Å². The van der Waals surface area contributed by atoms with Crippen LogP contribution in [-0.2, 0) is 19.1 Å². The van der Waals surface area contributed by atoms with Crippen molar-refractivity contribution >= 4 is 51.0 Å². The number of hydrogen-bond acceptors (Lipinski definition) is 5. The Balaban J connectivity index is 1.36. The van der Waals surface area contributed by atoms with Gasteiger partial charge in [0.2, 0.25) is 11.8 Å². The summed E-state index contributed by atoms with van der Waals surface area (Å²) in [6.07, 6.45) is 4.49. The zero-order chi connectivity index (χ0) is 23.7. The first-order chi connectivity index (χ1) is 15.8. The van der Waals surface area contributed by atoms with E-state index in [4.69, 9.17) is 4.74 Å². The fourth-order valence-corrected chi connectivity index (χ4v) is 4.53. The molecule has 8 heteroatoms. The van der Waals surface area contributed by atoms with Gasteiger partial charge in [0.1, 0.15) is 0 Å². The summed E-state index contributed by atoms with van der Waals surface area (Å²) in [5.41, 5.74) is 2.21. The first-order valence-electron chi connectivity index (χ1n) is 10.6. The lowest BCUT2D eigenvalue weighted by Crippen LogP contribution is -2.31. The number of aryl methyl sites for hydroxylation is 1. The number of carbonyl (C=O) groups is 4. The van der Waals surface area contributed by atoms with Crippen LogP contribution >= 0.6 is 15.9 Å². The summed E-state index contributed by atoms with van der Waals surface area (Å²) in [6.45, 7) is 3.40. The number of fused-ring (bicyclic) bond motifs is 1. The number of nitrogens with one attached hydrogen (secondary N) is 1. The van der Waals surface area contributed by atoms with Gasteiger partial charge in [0, 0.05) is 10.2 Å². The number of anilines is 2. The molecule has 2 aliphatic rings. The standard InChI is InChI=1S/C25H23BrN2O5/c1-14-4-3-5-19-22(14)24(31)28(23(19)30)18-9-6-16(7-10-18)25(32)33-13-21(29)27-17-8-11-20(26)15(2)12-17/h3-4,6-12,14,19,22H,5,13H2,1-2H3,(H,27,29)/t14-,19-,22+/m1/s1. The number of hydrogen-bond donors (Lipinski definition) is 1. The highest BCUT2D eigenvalue weighted by Gasteiger charge is 2.50. The zero-order valence-corrected chi connectivity index (χ0v) is 19.8. The first kappa shape index (κ1) is 22.9. The fraction of sp³-hybridized carbons (Fsp3) is 0.280. The van der Waals surface area contributed by atoms with Gasteiger partial charge in [-0.05, 0) is 67.3 Å². The molecule has 0 aromatic heterocycles. The Morgan fingerprint density at radius 1 is 1.12 bits per heavy atom. The van der Waals surface area contributed by atoms with Crippen LogP contribution in [-0.4, -0.2) is 30.3 Å². The van der Waals surface area contributed by atoms with Crippen molar-refractivity contribution in [2.75, 3.05) is 16.8 Å². The van der Waals surface area contributed by atoms with E-state index in [0.29, 0.717) is 17.8 Å². The highest BCUT2D eigenvalue weighted by molar-refractivity contribution is 9.10. The quantitative estimate of drug-likeness (QED) is 0.368. The maximum atomic E-state index is 12.9. The van der Waals surface area contributed by atoms with Crippen LogP contribution in [0.25, 0.3) is 0 Å². The molecule has 1 saturated heterocycles. The molecule has 3 amide bonds. The van der Waals surface area contributed by atoms with E-state index >= 15 is 0 Å². The van der Waals surface area contributed by atoms with E-state index in [2.05, 4.69) is 21.2 Å². The third-order valence-corrected chi connectivity index (χ3v) is 6.90. The Labute approximate surface area is 199 Å². The fourth-order valence-electron chi connectivity index (χ4n) is 4.28. The molecule has 1 heterocycles. The lowest BCUT2D eigenvalue weighted by atomic mass is 9.78. The summed E-state index contributed by atoms with van der Waals surface area (Å²) >= 11 is 3.40. The second-order valence-electron chi connectivity index (χ2n) is 8.30. The molecule has 0 saturated carbocycles. The van der Waals surface area contributed by atoms with Gasteiger partial charge in [-0.3, -0.25) is 19.3 Å². The van der Waals surface area contributed by atoms with E-state index in [1.54, 1.807) is 24.3 Å². The molecule has 0 spiro atoms. The van der Waals surface area contributed by atoms with E-state index < -0.39 is 18.5 Å². The van der Waals surface area contributed by atoms with Crippen molar-refractivity contribution in [3.05, 3.63) is 70.2 Å². The van der Waals surface area contributed by atoms with Crippen molar-refractivity contribution in [2.45, 2.75) is 20.3 Å². The van der Waals surface area contributed by atoms with E-state index in [1.807, 2.05) is 32.1 Å². The maximum absolute atomic E-state index is 12.9. The number of nitrogens with zero attached hydrogens (tertiary/aromatic N) is 1. The number of carbonyl (C=O) groups excluding carboxylic acids is 4. The summed E-state index contributed by atoms with van der Waals surface area (Å²) in [4.78, 5) is 51.4. The second kappa shape index (κ2) is 9.31. The lowest BCUT2D eigenvalue weighted by Gasteiger charge is -2.22. The number of ether oxygens (including phenoxy) is 1. The van der Waals surface area contributed by atoms with Gasteiger partial charge < -0.3 is 10.1 Å². The second-order valence-corrected chi connectivity index (χ2v) is 9.16. The molecule has 7 nitrogen and oxygen atoms in total. The molecule has 0 unspecified atom stereocenters. The Morgan fingerprint density at radius 3 is 2.52 bits per heavy atom. The minimum Gasteiger partial charge on any atom is -0.452 e. The third-order valence-electron chi connectivity index (χ3n) is 6.01. The minimum absolute atomic E-state index is 0.00641. The Morgan fingerprint density at radius 2 is 1.85 bits per heavy atom. The van der Waals surface area contributed by atoms with Crippen molar-refractivity contribution in [2.24, 2.45) is 17.8 Å². The van der Waals surface area contributed by atoms with Gasteiger partial charge >= 0.3 is 5.97 Å². The van der Waals surface area contributed by atoms with E-state index in [9.17, 15) is 19.2 Å². The van der Waals surface area contributed by atoms with Crippen molar-refractivity contribution in [3.63, 3.8) is 0 Å². The van der Waals surface area contributed by atoms with Crippen molar-refractivity contribution in [3.8, 4) is 0 Å². The van der Waals surface area contributed by atoms with Crippen molar-refractivity contribution in [1.29, 1.82) is 0 Å². The molecule has 0 radical (unpaired) electrons. The molecule has 1 aliphatic carbocycles. The van der Waals surface area contributed by atoms with E-state index in [-0.39, 0.29) is 35.1 Å². The molecule has 1 aliphatic heterocycles. The van der Waals surface area contributed by atoms with Gasteiger partial charge in [-0.2, -0.15) is 0 Å². The van der Waals surface area contributed by atoms with Gasteiger partial charge in [-0.1, -0.05) is 35.0 Å². The number of allylic oxidation sites excluding steroid dienone is 2. The highest BCUT2D eigenvalue weighted by Crippen LogP contribution is 2.40. The number of esters is 1. The number of halogens is 1. The van der Waals surface area contributed by atoms with Crippen LogP contribution in [0.15, 0.2) is 59.1 Å². The van der Waals surface area contributed by atoms with Gasteiger partial charge in [0.25, 0.3) is 5.91 Å². The lowest BCUT2D eigenvalue weighted by molar-refractivity contribution is -0.123. The molecule has 170 valence electrons. The maximum Gasteiger partial charge on any atom is 0.338 e. The Hall–Kier alpha value is -3.26. The minimum atomic E-state index is -0.672. The van der Waals surface area contributed by atoms with E-state index in [1.165, 1.54) is 17.0 Å². The van der Waals surface area contributed by atoms with Crippen LogP contribution in [0, 0.1) is 24.7 Å². The van der Waals surface area contributed by atoms with Gasteiger partial charge in [0.05, 0.1) is 23.1 Å². The zero-order valence-electron chi connectivity index (χ0n) is 18.2. The van der Waals surface area contributed by atoms with Gasteiger partial charge in [-0.15, -0.1) is 0 Å². The topological polar surface area (TPSA) is 92.8 Å². The third kappa shape index (κ3) is 4.61. The Kier molecular flexibility index (Phi) is 6.47. The number of rotatable bonds is 5. The molecule has 1 fully saturated rings. The first-order valence-corrected chi connectivity index (χ1v) is 11.4. The van der Waals surface area contributed by atoms with Crippen LogP contribution in [0.2, 0.25) is 0 Å². The summed E-state index contributed by atoms with van der Waals surface area (Å²) < 4.78 is 6.03. The molecular weight excluding hydrogens is 488 g/mol. The van der Waals surface area contributed by atoms with Crippen LogP contribution in [0.4, 0.5) is 11.4 Å². The average Bonchev–Trinajstić information content (AvgIpc) is 3.06. The van der Waals surface area contributed by atoms with E-state index in [0.717, 1.165) is 10.0 Å². The molecule has 0 bridgehead atoms.